The first kappa shape index (κ1) is 16.1. The molecule has 2 aliphatic rings. The number of cyclic esters (lactones) is 1. The van der Waals surface area contributed by atoms with Gasteiger partial charge in [0.15, 0.2) is 17.2 Å². The molecule has 2 aromatic carbocycles. The van der Waals surface area contributed by atoms with Crippen molar-refractivity contribution in [2.24, 2.45) is 4.99 Å². The van der Waals surface area contributed by atoms with E-state index in [0.717, 1.165) is 0 Å². The van der Waals surface area contributed by atoms with E-state index < -0.39 is 5.97 Å². The summed E-state index contributed by atoms with van der Waals surface area (Å²) in [6.07, 6.45) is 1.57. The molecule has 0 saturated carbocycles. The van der Waals surface area contributed by atoms with Crippen LogP contribution in [0.1, 0.15) is 11.1 Å². The predicted octanol–water partition coefficient (Wildman–Crippen LogP) is 2.95. The summed E-state index contributed by atoms with van der Waals surface area (Å²) in [4.78, 5) is 16.3. The Labute approximate surface area is 148 Å². The fourth-order valence-corrected chi connectivity index (χ4v) is 2.66. The lowest BCUT2D eigenvalue weighted by molar-refractivity contribution is -0.129. The first-order valence-electron chi connectivity index (χ1n) is 7.90. The van der Waals surface area contributed by atoms with Crippen LogP contribution in [0.3, 0.4) is 0 Å². The third-order valence-electron chi connectivity index (χ3n) is 3.87. The van der Waals surface area contributed by atoms with Gasteiger partial charge in [0, 0.05) is 5.56 Å². The third kappa shape index (κ3) is 2.99. The molecule has 26 heavy (non-hydrogen) atoms. The van der Waals surface area contributed by atoms with Gasteiger partial charge in [-0.1, -0.05) is 0 Å². The number of hydrogen-bond acceptors (Lipinski definition) is 6. The Kier molecular flexibility index (Phi) is 4.04. The van der Waals surface area contributed by atoms with Gasteiger partial charge in [-0.2, -0.15) is 0 Å². The number of carbonyl (C=O) groups excluding carboxylic acids is 1. The van der Waals surface area contributed by atoms with Gasteiger partial charge in [-0.25, -0.2) is 14.2 Å². The number of esters is 1. The Balaban J connectivity index is 1.69. The lowest BCUT2D eigenvalue weighted by Gasteiger charge is -2.20. The van der Waals surface area contributed by atoms with E-state index in [4.69, 9.17) is 18.9 Å². The lowest BCUT2D eigenvalue weighted by atomic mass is 10.1. The summed E-state index contributed by atoms with van der Waals surface area (Å²) in [6, 6.07) is 9.01. The number of carbonyl (C=O) groups is 1. The van der Waals surface area contributed by atoms with Gasteiger partial charge < -0.3 is 18.9 Å². The smallest absolute Gasteiger partial charge is 0.363 e. The molecular formula is C19H14FNO5. The van der Waals surface area contributed by atoms with Crippen LogP contribution in [0.25, 0.3) is 6.08 Å². The summed E-state index contributed by atoms with van der Waals surface area (Å²) in [5.74, 6) is 0.742. The van der Waals surface area contributed by atoms with E-state index in [1.165, 1.54) is 31.4 Å². The van der Waals surface area contributed by atoms with E-state index in [1.54, 1.807) is 18.2 Å². The summed E-state index contributed by atoms with van der Waals surface area (Å²) in [6.45, 7) is 0.881. The molecule has 2 aromatic rings. The van der Waals surface area contributed by atoms with Crippen LogP contribution in [0.4, 0.5) is 4.39 Å². The number of hydrogen-bond donors (Lipinski definition) is 0. The molecule has 6 nitrogen and oxygen atoms in total. The highest BCUT2D eigenvalue weighted by molar-refractivity contribution is 6.12. The quantitative estimate of drug-likeness (QED) is 0.626. The lowest BCUT2D eigenvalue weighted by Crippen LogP contribution is -2.16. The minimum absolute atomic E-state index is 0.128. The van der Waals surface area contributed by atoms with Gasteiger partial charge in [0.05, 0.1) is 7.11 Å². The Morgan fingerprint density at radius 2 is 1.92 bits per heavy atom. The van der Waals surface area contributed by atoms with Crippen LogP contribution >= 0.6 is 0 Å². The molecule has 2 heterocycles. The molecule has 2 aliphatic heterocycles. The Hall–Kier alpha value is -3.35. The number of rotatable bonds is 3. The van der Waals surface area contributed by atoms with Crippen LogP contribution < -0.4 is 14.2 Å². The molecule has 0 bridgehead atoms. The van der Waals surface area contributed by atoms with E-state index in [0.29, 0.717) is 41.6 Å². The van der Waals surface area contributed by atoms with Gasteiger partial charge in [-0.3, -0.25) is 0 Å². The summed E-state index contributed by atoms with van der Waals surface area (Å²) >= 11 is 0. The van der Waals surface area contributed by atoms with Crippen LogP contribution in [0, 0.1) is 5.82 Å². The zero-order valence-corrected chi connectivity index (χ0v) is 13.8. The van der Waals surface area contributed by atoms with Crippen molar-refractivity contribution in [2.45, 2.75) is 0 Å². The SMILES string of the molecule is COc1cc(/C=C2\N=C(c3ccc(F)cc3)OC2=O)cc2c1OCCO2. The average Bonchev–Trinajstić information content (AvgIpc) is 3.02. The van der Waals surface area contributed by atoms with Crippen LogP contribution in [-0.4, -0.2) is 32.2 Å². The van der Waals surface area contributed by atoms with Crippen molar-refractivity contribution in [3.8, 4) is 17.2 Å². The molecule has 4 rings (SSSR count). The zero-order valence-electron chi connectivity index (χ0n) is 13.8. The molecule has 0 saturated heterocycles. The molecule has 0 fully saturated rings. The highest BCUT2D eigenvalue weighted by atomic mass is 19.1. The second-order valence-corrected chi connectivity index (χ2v) is 5.59. The average molecular weight is 355 g/mol. The molecule has 0 spiro atoms. The molecule has 0 unspecified atom stereocenters. The first-order chi connectivity index (χ1) is 12.6. The number of methoxy groups -OCH3 is 1. The summed E-state index contributed by atoms with van der Waals surface area (Å²) in [5, 5.41) is 0. The number of aliphatic imine (C=N–C) groups is 1. The molecule has 0 atom stereocenters. The predicted molar refractivity (Wildman–Crippen MR) is 91.0 cm³/mol. The Morgan fingerprint density at radius 3 is 2.69 bits per heavy atom. The number of nitrogens with zero attached hydrogens (tertiary/aromatic N) is 1. The third-order valence-corrected chi connectivity index (χ3v) is 3.87. The minimum atomic E-state index is -0.585. The number of ether oxygens (including phenoxy) is 4. The maximum atomic E-state index is 13.0. The standard InChI is InChI=1S/C19H14FNO5/c1-23-15-9-11(10-16-17(15)25-7-6-24-16)8-14-19(22)26-18(21-14)12-2-4-13(20)5-3-12/h2-5,8-10H,6-7H2,1H3/b14-8-. The normalized spacial score (nSPS) is 17.1. The Morgan fingerprint density at radius 1 is 1.15 bits per heavy atom. The van der Waals surface area contributed by atoms with Gasteiger partial charge in [-0.05, 0) is 48.0 Å². The van der Waals surface area contributed by atoms with Gasteiger partial charge in [-0.15, -0.1) is 0 Å². The van der Waals surface area contributed by atoms with Gasteiger partial charge in [0.2, 0.25) is 11.6 Å². The number of benzene rings is 2. The van der Waals surface area contributed by atoms with Crippen molar-refractivity contribution in [1.82, 2.24) is 0 Å². The van der Waals surface area contributed by atoms with Gasteiger partial charge in [0.1, 0.15) is 19.0 Å². The highest BCUT2D eigenvalue weighted by Crippen LogP contribution is 2.41. The molecule has 0 aliphatic carbocycles. The van der Waals surface area contributed by atoms with Gasteiger partial charge in [0.25, 0.3) is 0 Å². The molecule has 0 aromatic heterocycles. The summed E-state index contributed by atoms with van der Waals surface area (Å²) in [5.41, 5.74) is 1.30. The second-order valence-electron chi connectivity index (χ2n) is 5.59. The number of halogens is 1. The van der Waals surface area contributed by atoms with Crippen molar-refractivity contribution in [1.29, 1.82) is 0 Å². The van der Waals surface area contributed by atoms with Crippen LogP contribution in [0.5, 0.6) is 17.2 Å². The minimum Gasteiger partial charge on any atom is -0.493 e. The van der Waals surface area contributed by atoms with Crippen LogP contribution in [0.15, 0.2) is 47.1 Å². The van der Waals surface area contributed by atoms with E-state index in [1.807, 2.05) is 0 Å². The Bertz CT molecular complexity index is 916. The summed E-state index contributed by atoms with van der Waals surface area (Å²) in [7, 11) is 1.53. The van der Waals surface area contributed by atoms with Crippen LogP contribution in [-0.2, 0) is 9.53 Å². The topological polar surface area (TPSA) is 66.4 Å². The van der Waals surface area contributed by atoms with Crippen molar-refractivity contribution < 1.29 is 28.1 Å². The molecular weight excluding hydrogens is 341 g/mol. The van der Waals surface area contributed by atoms with E-state index in [-0.39, 0.29) is 17.4 Å². The van der Waals surface area contributed by atoms with E-state index in [2.05, 4.69) is 4.99 Å². The van der Waals surface area contributed by atoms with Crippen molar-refractivity contribution in [2.75, 3.05) is 20.3 Å². The largest absolute Gasteiger partial charge is 0.493 e. The molecule has 0 radical (unpaired) electrons. The van der Waals surface area contributed by atoms with E-state index in [9.17, 15) is 9.18 Å². The van der Waals surface area contributed by atoms with Gasteiger partial charge >= 0.3 is 5.97 Å². The first-order valence-corrected chi connectivity index (χ1v) is 7.90. The van der Waals surface area contributed by atoms with Crippen LogP contribution in [0.2, 0.25) is 0 Å². The molecule has 132 valence electrons. The highest BCUT2D eigenvalue weighted by Gasteiger charge is 2.25. The zero-order chi connectivity index (χ0) is 18.1. The maximum Gasteiger partial charge on any atom is 0.363 e. The maximum absolute atomic E-state index is 13.0. The number of fused-ring (bicyclic) bond motifs is 1. The summed E-state index contributed by atoms with van der Waals surface area (Å²) < 4.78 is 34.7. The molecule has 0 N–H and O–H groups in total. The van der Waals surface area contributed by atoms with Crippen molar-refractivity contribution >= 4 is 17.9 Å². The second kappa shape index (κ2) is 6.51. The fourth-order valence-electron chi connectivity index (χ4n) is 2.66. The molecule has 0 amide bonds. The van der Waals surface area contributed by atoms with Crippen molar-refractivity contribution in [3.05, 3.63) is 59.0 Å². The van der Waals surface area contributed by atoms with E-state index >= 15 is 0 Å². The monoisotopic (exact) mass is 355 g/mol. The van der Waals surface area contributed by atoms with Crippen molar-refractivity contribution in [3.63, 3.8) is 0 Å². The fraction of sp³-hybridized carbons (Fsp3) is 0.158. The molecule has 7 heteroatoms.